The third-order valence-electron chi connectivity index (χ3n) is 5.55. The van der Waals surface area contributed by atoms with E-state index in [9.17, 15) is 13.0 Å². The smallest absolute Gasteiger partial charge is 0.744 e. The maximum atomic E-state index is 11.2. The third kappa shape index (κ3) is 12.4. The van der Waals surface area contributed by atoms with Gasteiger partial charge in [-0.1, -0.05) is 95.8 Å². The van der Waals surface area contributed by atoms with Gasteiger partial charge in [-0.05, 0) is 48.7 Å². The van der Waals surface area contributed by atoms with Crippen molar-refractivity contribution in [2.24, 2.45) is 0 Å². The summed E-state index contributed by atoms with van der Waals surface area (Å²) in [6.07, 6.45) is 17.1. The van der Waals surface area contributed by atoms with Gasteiger partial charge < -0.3 is 9.29 Å². The predicted octanol–water partition coefficient (Wildman–Crippen LogP) is 4.63. The molecule has 0 spiro atoms. The van der Waals surface area contributed by atoms with Crippen LogP contribution in [-0.2, 0) is 16.5 Å². The number of hydrogen-bond acceptors (Lipinski definition) is 4. The summed E-state index contributed by atoms with van der Waals surface area (Å²) in [6, 6.07) is 13.5. The molecule has 0 aliphatic heterocycles. The second-order valence-electron chi connectivity index (χ2n) is 8.32. The molecule has 0 atom stereocenters. The average Bonchev–Trinajstić information content (AvgIpc) is 2.74. The fraction of sp³-hybridized carbons (Fsp3) is 0.538. The third-order valence-corrected chi connectivity index (χ3v) is 6.38. The molecular formula is C26H37NaO4S. The van der Waals surface area contributed by atoms with Crippen LogP contribution < -0.4 is 34.3 Å². The van der Waals surface area contributed by atoms with Crippen molar-refractivity contribution in [1.82, 2.24) is 0 Å². The van der Waals surface area contributed by atoms with Crippen LogP contribution in [0.15, 0.2) is 53.4 Å². The van der Waals surface area contributed by atoms with Gasteiger partial charge in [0.25, 0.3) is 0 Å². The fourth-order valence-electron chi connectivity index (χ4n) is 3.76. The molecule has 2 rings (SSSR count). The minimum atomic E-state index is -4.49. The molecule has 0 aromatic heterocycles. The Morgan fingerprint density at radius 1 is 0.719 bits per heavy atom. The first-order valence-corrected chi connectivity index (χ1v) is 13.2. The Bertz CT molecular complexity index is 868. The van der Waals surface area contributed by atoms with E-state index < -0.39 is 10.1 Å². The van der Waals surface area contributed by atoms with Gasteiger partial charge in [-0.3, -0.25) is 0 Å². The Labute approximate surface area is 217 Å². The van der Waals surface area contributed by atoms with Crippen molar-refractivity contribution >= 4 is 10.1 Å². The predicted molar refractivity (Wildman–Crippen MR) is 126 cm³/mol. The van der Waals surface area contributed by atoms with Crippen molar-refractivity contribution in [2.75, 3.05) is 0 Å². The number of rotatable bonds is 16. The normalized spacial score (nSPS) is 11.2. The molecule has 0 aliphatic carbocycles. The number of hydrogen-bond donors (Lipinski definition) is 0. The zero-order chi connectivity index (χ0) is 22.4. The molecule has 2 aromatic carbocycles. The minimum Gasteiger partial charge on any atom is -0.744 e. The van der Waals surface area contributed by atoms with Gasteiger partial charge in [0.15, 0.2) is 0 Å². The van der Waals surface area contributed by atoms with Crippen LogP contribution in [0.5, 0.6) is 11.5 Å². The number of benzene rings is 2. The summed E-state index contributed by atoms with van der Waals surface area (Å²) in [5.74, 6) is 0.997. The Hall–Kier alpha value is -0.850. The van der Waals surface area contributed by atoms with Gasteiger partial charge in [-0.15, -0.1) is 0 Å². The summed E-state index contributed by atoms with van der Waals surface area (Å²) in [5.41, 5.74) is 1.21. The molecule has 0 aliphatic rings. The maximum Gasteiger partial charge on any atom is 1.00 e. The molecule has 0 amide bonds. The Kier molecular flexibility index (Phi) is 15.2. The minimum absolute atomic E-state index is 0. The summed E-state index contributed by atoms with van der Waals surface area (Å²) >= 11 is 0. The van der Waals surface area contributed by atoms with Crippen LogP contribution in [0.25, 0.3) is 0 Å². The van der Waals surface area contributed by atoms with Crippen molar-refractivity contribution in [3.05, 3.63) is 54.1 Å². The molecule has 0 radical (unpaired) electrons. The fourth-order valence-corrected chi connectivity index (χ4v) is 4.27. The summed E-state index contributed by atoms with van der Waals surface area (Å²) < 4.78 is 39.3. The van der Waals surface area contributed by atoms with E-state index in [0.29, 0.717) is 11.5 Å². The van der Waals surface area contributed by atoms with Crippen molar-refractivity contribution in [1.29, 1.82) is 0 Å². The second-order valence-corrected chi connectivity index (χ2v) is 9.70. The summed E-state index contributed by atoms with van der Waals surface area (Å²) in [5, 5.41) is 0. The van der Waals surface area contributed by atoms with E-state index in [0.717, 1.165) is 12.8 Å². The molecule has 0 saturated heterocycles. The van der Waals surface area contributed by atoms with Gasteiger partial charge in [0, 0.05) is 0 Å². The molecule has 4 nitrogen and oxygen atoms in total. The van der Waals surface area contributed by atoms with Crippen molar-refractivity contribution in [3.8, 4) is 11.5 Å². The van der Waals surface area contributed by atoms with Crippen LogP contribution in [0, 0.1) is 0 Å². The summed E-state index contributed by atoms with van der Waals surface area (Å²) in [6.45, 7) is 2.26. The standard InChI is InChI=1S/C26H38O4S.Na/c1-2-3-4-5-6-7-8-9-10-11-12-13-16-23-17-14-18-24(21-23)30-25-19-15-20-26(22-25)31(27,28)29;/h14-15,17-22H,2-13,16H2,1H3,(H,27,28,29);/q;+1/p-1. The van der Waals surface area contributed by atoms with Crippen LogP contribution in [0.1, 0.15) is 89.5 Å². The first kappa shape index (κ1) is 29.2. The molecular weight excluding hydrogens is 431 g/mol. The van der Waals surface area contributed by atoms with E-state index in [1.807, 2.05) is 18.2 Å². The topological polar surface area (TPSA) is 66.4 Å². The first-order valence-electron chi connectivity index (χ1n) is 11.8. The molecule has 32 heavy (non-hydrogen) atoms. The first-order chi connectivity index (χ1) is 15.0. The van der Waals surface area contributed by atoms with Gasteiger partial charge in [0.05, 0.1) is 4.90 Å². The van der Waals surface area contributed by atoms with E-state index in [1.54, 1.807) is 6.07 Å². The van der Waals surface area contributed by atoms with Gasteiger partial charge in [-0.25, -0.2) is 8.42 Å². The Morgan fingerprint density at radius 3 is 1.78 bits per heavy atom. The van der Waals surface area contributed by atoms with Gasteiger partial charge in [0.1, 0.15) is 21.6 Å². The zero-order valence-corrected chi connectivity index (χ0v) is 22.7. The van der Waals surface area contributed by atoms with Crippen molar-refractivity contribution in [3.63, 3.8) is 0 Å². The molecule has 0 saturated carbocycles. The molecule has 172 valence electrons. The monoisotopic (exact) mass is 468 g/mol. The van der Waals surface area contributed by atoms with E-state index >= 15 is 0 Å². The number of unbranched alkanes of at least 4 members (excludes halogenated alkanes) is 11. The quantitative estimate of drug-likeness (QED) is 0.205. The summed E-state index contributed by atoms with van der Waals surface area (Å²) in [4.78, 5) is -0.280. The molecule has 0 unspecified atom stereocenters. The van der Waals surface area contributed by atoms with Crippen LogP contribution in [-0.4, -0.2) is 13.0 Å². The zero-order valence-electron chi connectivity index (χ0n) is 19.9. The molecule has 0 fully saturated rings. The van der Waals surface area contributed by atoms with Gasteiger partial charge >= 0.3 is 29.6 Å². The Balaban J connectivity index is 0.00000512. The summed E-state index contributed by atoms with van der Waals surface area (Å²) in [7, 11) is -4.49. The van der Waals surface area contributed by atoms with Crippen LogP contribution in [0.4, 0.5) is 0 Å². The molecule has 6 heteroatoms. The van der Waals surface area contributed by atoms with Crippen LogP contribution >= 0.6 is 0 Å². The van der Waals surface area contributed by atoms with Crippen molar-refractivity contribution in [2.45, 2.75) is 95.3 Å². The molecule has 0 heterocycles. The SMILES string of the molecule is CCCCCCCCCCCCCCc1cccc(Oc2cccc(S(=O)(=O)[O-])c2)c1.[Na+]. The number of aryl methyl sites for hydroxylation is 1. The average molecular weight is 469 g/mol. The second kappa shape index (κ2) is 16.7. The maximum absolute atomic E-state index is 11.2. The van der Waals surface area contributed by atoms with Crippen LogP contribution in [0.2, 0.25) is 0 Å². The van der Waals surface area contributed by atoms with E-state index in [2.05, 4.69) is 13.0 Å². The van der Waals surface area contributed by atoms with Gasteiger partial charge in [0.2, 0.25) is 0 Å². The van der Waals surface area contributed by atoms with E-state index in [-0.39, 0.29) is 34.5 Å². The molecule has 0 bridgehead atoms. The van der Waals surface area contributed by atoms with Crippen LogP contribution in [0.3, 0.4) is 0 Å². The largest absolute Gasteiger partial charge is 1.00 e. The van der Waals surface area contributed by atoms with E-state index in [4.69, 9.17) is 4.74 Å². The van der Waals surface area contributed by atoms with Gasteiger partial charge in [-0.2, -0.15) is 0 Å². The number of ether oxygens (including phenoxy) is 1. The van der Waals surface area contributed by atoms with Crippen molar-refractivity contribution < 1.29 is 47.3 Å². The Morgan fingerprint density at radius 2 is 1.22 bits per heavy atom. The molecule has 0 N–H and O–H groups in total. The van der Waals surface area contributed by atoms with E-state index in [1.165, 1.54) is 94.4 Å². The molecule has 2 aromatic rings.